The average Bonchev–Trinajstić information content (AvgIpc) is 2.63. The second-order valence-corrected chi connectivity index (χ2v) is 7.57. The van der Waals surface area contributed by atoms with Gasteiger partial charge in [0.15, 0.2) is 0 Å². The number of likely N-dealkylation sites (N-methyl/N-ethyl adjacent to an activating group) is 1. The van der Waals surface area contributed by atoms with Crippen molar-refractivity contribution >= 4 is 11.8 Å². The van der Waals surface area contributed by atoms with E-state index in [1.165, 1.54) is 19.3 Å². The number of ether oxygens (including phenoxy) is 1. The van der Waals surface area contributed by atoms with Crippen molar-refractivity contribution in [2.75, 3.05) is 53.4 Å². The van der Waals surface area contributed by atoms with Gasteiger partial charge in [-0.15, -0.1) is 0 Å². The number of amides is 2. The number of nitrogens with one attached hydrogen (secondary N) is 2. The molecule has 8 heteroatoms. The van der Waals surface area contributed by atoms with Gasteiger partial charge in [0.05, 0.1) is 31.7 Å². The lowest BCUT2D eigenvalue weighted by molar-refractivity contribution is -0.128. The molecule has 2 amide bonds. The first-order valence-electron chi connectivity index (χ1n) is 9.85. The summed E-state index contributed by atoms with van der Waals surface area (Å²) in [5, 5.41) is 15.3. The second kappa shape index (κ2) is 11.4. The van der Waals surface area contributed by atoms with Crippen LogP contribution in [0.2, 0.25) is 0 Å². The molecule has 2 aliphatic heterocycles. The smallest absolute Gasteiger partial charge is 0.234 e. The third-order valence-corrected chi connectivity index (χ3v) is 4.84. The Morgan fingerprint density at radius 3 is 2.59 bits per heavy atom. The van der Waals surface area contributed by atoms with Crippen LogP contribution in [0.1, 0.15) is 25.7 Å². The van der Waals surface area contributed by atoms with Gasteiger partial charge in [-0.25, -0.2) is 0 Å². The van der Waals surface area contributed by atoms with Crippen LogP contribution in [-0.2, 0) is 14.3 Å². The van der Waals surface area contributed by atoms with E-state index in [1.54, 1.807) is 11.0 Å². The van der Waals surface area contributed by atoms with Gasteiger partial charge >= 0.3 is 0 Å². The molecule has 3 N–H and O–H groups in total. The van der Waals surface area contributed by atoms with Gasteiger partial charge in [0.1, 0.15) is 6.10 Å². The van der Waals surface area contributed by atoms with Gasteiger partial charge in [0.25, 0.3) is 0 Å². The van der Waals surface area contributed by atoms with E-state index in [4.69, 9.17) is 4.74 Å². The molecule has 0 unspecified atom stereocenters. The molecule has 0 saturated carbocycles. The SMILES string of the molecule is CN(C)CC(=O)N[C@H]1C=C[C@H](CC(=O)NCCN2CCCCC2)O[C@@H]1CO. The molecule has 2 aliphatic rings. The van der Waals surface area contributed by atoms with Crippen LogP contribution in [0.5, 0.6) is 0 Å². The van der Waals surface area contributed by atoms with Crippen LogP contribution in [0.4, 0.5) is 0 Å². The van der Waals surface area contributed by atoms with E-state index < -0.39 is 6.10 Å². The van der Waals surface area contributed by atoms with Crippen LogP contribution in [0.25, 0.3) is 0 Å². The number of hydrogen-bond donors (Lipinski definition) is 3. The molecular formula is C19H34N4O4. The molecule has 0 aromatic heterocycles. The van der Waals surface area contributed by atoms with Gasteiger partial charge in [0.2, 0.25) is 11.8 Å². The molecule has 0 bridgehead atoms. The van der Waals surface area contributed by atoms with Crippen LogP contribution in [0, 0.1) is 0 Å². The lowest BCUT2D eigenvalue weighted by atomic mass is 10.0. The minimum atomic E-state index is -0.549. The maximum Gasteiger partial charge on any atom is 0.234 e. The number of piperidine rings is 1. The first-order chi connectivity index (χ1) is 13.0. The highest BCUT2D eigenvalue weighted by molar-refractivity contribution is 5.78. The van der Waals surface area contributed by atoms with Gasteiger partial charge in [-0.3, -0.25) is 9.59 Å². The number of aliphatic hydroxyl groups is 1. The quantitative estimate of drug-likeness (QED) is 0.459. The molecule has 0 aliphatic carbocycles. The third-order valence-electron chi connectivity index (χ3n) is 4.84. The van der Waals surface area contributed by atoms with Crippen molar-refractivity contribution in [3.05, 3.63) is 12.2 Å². The van der Waals surface area contributed by atoms with E-state index in [-0.39, 0.29) is 43.5 Å². The molecule has 8 nitrogen and oxygen atoms in total. The maximum absolute atomic E-state index is 12.1. The predicted molar refractivity (Wildman–Crippen MR) is 103 cm³/mol. The minimum absolute atomic E-state index is 0.0616. The van der Waals surface area contributed by atoms with Crippen LogP contribution < -0.4 is 10.6 Å². The number of carbonyl (C=O) groups is 2. The van der Waals surface area contributed by atoms with E-state index in [0.29, 0.717) is 6.54 Å². The highest BCUT2D eigenvalue weighted by atomic mass is 16.5. The van der Waals surface area contributed by atoms with Gasteiger partial charge < -0.3 is 30.3 Å². The number of nitrogens with zero attached hydrogens (tertiary/aromatic N) is 2. The molecule has 0 aromatic rings. The van der Waals surface area contributed by atoms with Gasteiger partial charge in [-0.1, -0.05) is 18.6 Å². The lowest BCUT2D eigenvalue weighted by Crippen LogP contribution is -2.50. The zero-order valence-corrected chi connectivity index (χ0v) is 16.5. The van der Waals surface area contributed by atoms with Crippen molar-refractivity contribution in [3.8, 4) is 0 Å². The third kappa shape index (κ3) is 7.96. The zero-order valence-electron chi connectivity index (χ0n) is 16.5. The molecule has 2 heterocycles. The van der Waals surface area contributed by atoms with Crippen molar-refractivity contribution < 1.29 is 19.4 Å². The molecule has 27 heavy (non-hydrogen) atoms. The average molecular weight is 383 g/mol. The molecule has 1 saturated heterocycles. The molecule has 1 fully saturated rings. The van der Waals surface area contributed by atoms with Crippen LogP contribution >= 0.6 is 0 Å². The summed E-state index contributed by atoms with van der Waals surface area (Å²) in [5.41, 5.74) is 0. The standard InChI is InChI=1S/C19H34N4O4/c1-22(2)13-19(26)21-16-7-6-15(27-17(16)14-24)12-18(25)20-8-11-23-9-4-3-5-10-23/h6-7,15-17,24H,3-5,8-14H2,1-2H3,(H,20,25)(H,21,26)/t15-,16+,17-/m1/s1. The van der Waals surface area contributed by atoms with Crippen LogP contribution in [0.15, 0.2) is 12.2 Å². The lowest BCUT2D eigenvalue weighted by Gasteiger charge is -2.32. The van der Waals surface area contributed by atoms with Crippen molar-refractivity contribution in [1.29, 1.82) is 0 Å². The highest BCUT2D eigenvalue weighted by Crippen LogP contribution is 2.15. The number of hydrogen-bond acceptors (Lipinski definition) is 6. The fourth-order valence-corrected chi connectivity index (χ4v) is 3.45. The Morgan fingerprint density at radius 1 is 1.19 bits per heavy atom. The van der Waals surface area contributed by atoms with Crippen molar-refractivity contribution in [3.63, 3.8) is 0 Å². The summed E-state index contributed by atoms with van der Waals surface area (Å²) >= 11 is 0. The predicted octanol–water partition coefficient (Wildman–Crippen LogP) is -0.659. The van der Waals surface area contributed by atoms with E-state index in [9.17, 15) is 14.7 Å². The molecule has 3 atom stereocenters. The van der Waals surface area contributed by atoms with E-state index in [1.807, 2.05) is 20.2 Å². The van der Waals surface area contributed by atoms with Crippen LogP contribution in [0.3, 0.4) is 0 Å². The zero-order chi connectivity index (χ0) is 19.6. The first kappa shape index (κ1) is 21.8. The van der Waals surface area contributed by atoms with Gasteiger partial charge in [-0.05, 0) is 40.0 Å². The fourth-order valence-electron chi connectivity index (χ4n) is 3.45. The summed E-state index contributed by atoms with van der Waals surface area (Å²) in [7, 11) is 3.63. The molecule has 0 aromatic carbocycles. The normalized spacial score (nSPS) is 26.1. The van der Waals surface area contributed by atoms with Gasteiger partial charge in [0, 0.05) is 13.1 Å². The van der Waals surface area contributed by atoms with Crippen molar-refractivity contribution in [1.82, 2.24) is 20.4 Å². The monoisotopic (exact) mass is 382 g/mol. The molecule has 2 rings (SSSR count). The number of aliphatic hydroxyl groups excluding tert-OH is 1. The molecule has 154 valence electrons. The summed E-state index contributed by atoms with van der Waals surface area (Å²) in [6, 6.07) is -0.388. The summed E-state index contributed by atoms with van der Waals surface area (Å²) in [6.45, 7) is 3.80. The number of rotatable bonds is 9. The Hall–Kier alpha value is -1.48. The Kier molecular flexibility index (Phi) is 9.20. The van der Waals surface area contributed by atoms with E-state index in [2.05, 4.69) is 15.5 Å². The van der Waals surface area contributed by atoms with Crippen molar-refractivity contribution in [2.45, 2.75) is 43.9 Å². The Bertz CT molecular complexity index is 506. The Labute approximate surface area is 161 Å². The maximum atomic E-state index is 12.1. The Morgan fingerprint density at radius 2 is 1.93 bits per heavy atom. The summed E-state index contributed by atoms with van der Waals surface area (Å²) in [4.78, 5) is 28.2. The second-order valence-electron chi connectivity index (χ2n) is 7.57. The Balaban J connectivity index is 1.72. The largest absolute Gasteiger partial charge is 0.394 e. The summed E-state index contributed by atoms with van der Waals surface area (Å²) < 4.78 is 5.78. The van der Waals surface area contributed by atoms with Crippen molar-refractivity contribution in [2.24, 2.45) is 0 Å². The molecule has 0 radical (unpaired) electrons. The van der Waals surface area contributed by atoms with E-state index in [0.717, 1.165) is 19.6 Å². The summed E-state index contributed by atoms with van der Waals surface area (Å²) in [6.07, 6.45) is 6.65. The minimum Gasteiger partial charge on any atom is -0.394 e. The summed E-state index contributed by atoms with van der Waals surface area (Å²) in [5.74, 6) is -0.195. The number of carbonyl (C=O) groups excluding carboxylic acids is 2. The van der Waals surface area contributed by atoms with Gasteiger partial charge in [-0.2, -0.15) is 0 Å². The fraction of sp³-hybridized carbons (Fsp3) is 0.789. The van der Waals surface area contributed by atoms with Crippen LogP contribution in [-0.4, -0.2) is 98.4 Å². The first-order valence-corrected chi connectivity index (χ1v) is 9.85. The van der Waals surface area contributed by atoms with E-state index >= 15 is 0 Å². The molecule has 0 spiro atoms. The highest BCUT2D eigenvalue weighted by Gasteiger charge is 2.29. The topological polar surface area (TPSA) is 94.1 Å². The number of likely N-dealkylation sites (tertiary alicyclic amines) is 1. The molecular weight excluding hydrogens is 348 g/mol.